The summed E-state index contributed by atoms with van der Waals surface area (Å²) in [6.45, 7) is 3.63. The lowest BCUT2D eigenvalue weighted by Gasteiger charge is -2.22. The van der Waals surface area contributed by atoms with E-state index in [1.807, 2.05) is 19.1 Å². The third kappa shape index (κ3) is 6.33. The van der Waals surface area contributed by atoms with Crippen LogP contribution in [0, 0.1) is 6.92 Å². The minimum absolute atomic E-state index is 0.249. The van der Waals surface area contributed by atoms with Gasteiger partial charge in [0.2, 0.25) is 0 Å². The molecule has 1 saturated heterocycles. The van der Waals surface area contributed by atoms with Crippen molar-refractivity contribution in [3.63, 3.8) is 0 Å². The second-order valence-electron chi connectivity index (χ2n) is 8.74. The van der Waals surface area contributed by atoms with E-state index in [9.17, 15) is 18.0 Å². The number of fused-ring (bicyclic) bond motifs is 1. The van der Waals surface area contributed by atoms with Gasteiger partial charge in [0.25, 0.3) is 5.91 Å². The number of ether oxygens (including phenoxy) is 2. The Balaban J connectivity index is 1.37. The number of pyridine rings is 1. The molecule has 1 N–H and O–H groups in total. The topological polar surface area (TPSA) is 66.9 Å². The molecule has 1 unspecified atom stereocenters. The number of nitrogens with zero attached hydrogens (tertiary/aromatic N) is 3. The SMILES string of the molecule is Cc1cc(N2CCC(N(C)C)C2)nc2ccc(NC(=O)COc3ccc(OC(F)(F)F)cc3)cc12. The van der Waals surface area contributed by atoms with Gasteiger partial charge in [-0.3, -0.25) is 4.79 Å². The van der Waals surface area contributed by atoms with Gasteiger partial charge in [-0.05, 0) is 81.5 Å². The summed E-state index contributed by atoms with van der Waals surface area (Å²) in [6.07, 6.45) is -3.66. The Labute approximate surface area is 201 Å². The number of alkyl halides is 3. The normalized spacial score (nSPS) is 16.1. The fraction of sp³-hybridized carbons (Fsp3) is 0.360. The Hall–Kier alpha value is -3.53. The van der Waals surface area contributed by atoms with Crippen molar-refractivity contribution < 1.29 is 27.4 Å². The van der Waals surface area contributed by atoms with Crippen molar-refractivity contribution in [3.8, 4) is 11.5 Å². The van der Waals surface area contributed by atoms with Crippen LogP contribution in [0.3, 0.4) is 0 Å². The van der Waals surface area contributed by atoms with Crippen LogP contribution in [-0.4, -0.2) is 62.0 Å². The third-order valence-corrected chi connectivity index (χ3v) is 5.93. The van der Waals surface area contributed by atoms with Crippen LogP contribution in [0.5, 0.6) is 11.5 Å². The Morgan fingerprint density at radius 2 is 1.86 bits per heavy atom. The lowest BCUT2D eigenvalue weighted by atomic mass is 10.1. The fourth-order valence-corrected chi connectivity index (χ4v) is 4.07. The van der Waals surface area contributed by atoms with Crippen molar-refractivity contribution in [3.05, 3.63) is 54.1 Å². The summed E-state index contributed by atoms with van der Waals surface area (Å²) in [5.74, 6) is 0.448. The number of rotatable bonds is 7. The molecule has 1 aromatic heterocycles. The molecule has 4 rings (SSSR count). The maximum Gasteiger partial charge on any atom is 0.573 e. The van der Waals surface area contributed by atoms with Crippen molar-refractivity contribution in [1.29, 1.82) is 0 Å². The van der Waals surface area contributed by atoms with Crippen LogP contribution in [0.4, 0.5) is 24.7 Å². The van der Waals surface area contributed by atoms with Crippen LogP contribution in [0.2, 0.25) is 0 Å². The molecule has 2 aromatic carbocycles. The highest BCUT2D eigenvalue weighted by molar-refractivity contribution is 5.95. The van der Waals surface area contributed by atoms with Crippen LogP contribution in [0.1, 0.15) is 12.0 Å². The zero-order valence-electron chi connectivity index (χ0n) is 19.7. The zero-order valence-corrected chi connectivity index (χ0v) is 19.7. The van der Waals surface area contributed by atoms with Gasteiger partial charge < -0.3 is 24.6 Å². The molecule has 7 nitrogen and oxygen atoms in total. The number of hydrogen-bond donors (Lipinski definition) is 1. The number of aryl methyl sites for hydroxylation is 1. The first-order chi connectivity index (χ1) is 16.6. The van der Waals surface area contributed by atoms with Gasteiger partial charge in [-0.25, -0.2) is 4.98 Å². The summed E-state index contributed by atoms with van der Waals surface area (Å²) in [4.78, 5) is 21.7. The molecule has 1 aliphatic heterocycles. The number of anilines is 2. The second-order valence-corrected chi connectivity index (χ2v) is 8.74. The highest BCUT2D eigenvalue weighted by Crippen LogP contribution is 2.28. The van der Waals surface area contributed by atoms with E-state index >= 15 is 0 Å². The molecule has 1 fully saturated rings. The predicted molar refractivity (Wildman–Crippen MR) is 128 cm³/mol. The Kier molecular flexibility index (Phi) is 7.02. The first-order valence-corrected chi connectivity index (χ1v) is 11.2. The number of halogens is 3. The van der Waals surface area contributed by atoms with E-state index in [1.54, 1.807) is 6.07 Å². The van der Waals surface area contributed by atoms with E-state index < -0.39 is 12.3 Å². The van der Waals surface area contributed by atoms with Crippen LogP contribution in [0.15, 0.2) is 48.5 Å². The van der Waals surface area contributed by atoms with Gasteiger partial charge in [0, 0.05) is 30.2 Å². The van der Waals surface area contributed by atoms with E-state index in [-0.39, 0.29) is 18.1 Å². The minimum Gasteiger partial charge on any atom is -0.484 e. The van der Waals surface area contributed by atoms with Gasteiger partial charge in [-0.15, -0.1) is 13.2 Å². The predicted octanol–water partition coefficient (Wildman–Crippen LogP) is 4.60. The Morgan fingerprint density at radius 1 is 1.14 bits per heavy atom. The number of benzene rings is 2. The van der Waals surface area contributed by atoms with Gasteiger partial charge >= 0.3 is 6.36 Å². The molecular weight excluding hydrogens is 461 g/mol. The second kappa shape index (κ2) is 9.99. The summed E-state index contributed by atoms with van der Waals surface area (Å²) in [5.41, 5.74) is 2.52. The summed E-state index contributed by atoms with van der Waals surface area (Å²) >= 11 is 0. The summed E-state index contributed by atoms with van der Waals surface area (Å²) in [6, 6.07) is 13.0. The average molecular weight is 489 g/mol. The molecule has 0 saturated carbocycles. The lowest BCUT2D eigenvalue weighted by Crippen LogP contribution is -2.31. The molecule has 186 valence electrons. The summed E-state index contributed by atoms with van der Waals surface area (Å²) in [7, 11) is 4.19. The molecule has 1 amide bonds. The Bertz CT molecular complexity index is 1200. The van der Waals surface area contributed by atoms with Gasteiger partial charge in [0.1, 0.15) is 17.3 Å². The van der Waals surface area contributed by atoms with E-state index in [1.165, 1.54) is 12.1 Å². The zero-order chi connectivity index (χ0) is 25.2. The van der Waals surface area contributed by atoms with Crippen molar-refractivity contribution in [2.45, 2.75) is 25.7 Å². The highest BCUT2D eigenvalue weighted by Gasteiger charge is 2.31. The molecule has 10 heteroatoms. The fourth-order valence-electron chi connectivity index (χ4n) is 4.07. The largest absolute Gasteiger partial charge is 0.573 e. The van der Waals surface area contributed by atoms with Crippen molar-refractivity contribution in [2.75, 3.05) is 44.0 Å². The maximum absolute atomic E-state index is 12.3. The molecule has 3 aromatic rings. The van der Waals surface area contributed by atoms with E-state index in [2.05, 4.69) is 40.0 Å². The molecule has 0 spiro atoms. The van der Waals surface area contributed by atoms with Crippen LogP contribution < -0.4 is 19.7 Å². The van der Waals surface area contributed by atoms with Crippen molar-refractivity contribution >= 4 is 28.3 Å². The molecule has 0 aliphatic carbocycles. The number of nitrogens with one attached hydrogen (secondary N) is 1. The van der Waals surface area contributed by atoms with Gasteiger partial charge in [0.05, 0.1) is 5.52 Å². The Morgan fingerprint density at radius 3 is 2.51 bits per heavy atom. The monoisotopic (exact) mass is 488 g/mol. The number of hydrogen-bond acceptors (Lipinski definition) is 6. The van der Waals surface area contributed by atoms with Crippen LogP contribution in [-0.2, 0) is 4.79 Å². The smallest absolute Gasteiger partial charge is 0.484 e. The van der Waals surface area contributed by atoms with Crippen molar-refractivity contribution in [1.82, 2.24) is 9.88 Å². The standard InChI is InChI=1S/C25H27F3N4O3/c1-16-12-23(32-11-10-18(14-32)31(2)3)30-22-9-4-17(13-21(16)22)29-24(33)15-34-19-5-7-20(8-6-19)35-25(26,27)28/h4-9,12-13,18H,10-11,14-15H2,1-3H3,(H,29,33). The molecule has 35 heavy (non-hydrogen) atoms. The number of likely N-dealkylation sites (N-methyl/N-ethyl adjacent to an activating group) is 1. The van der Waals surface area contributed by atoms with E-state index in [0.717, 1.165) is 53.9 Å². The molecule has 1 aliphatic rings. The molecule has 2 heterocycles. The minimum atomic E-state index is -4.76. The first kappa shape index (κ1) is 24.6. The number of carbonyl (C=O) groups excluding carboxylic acids is 1. The number of aromatic nitrogens is 1. The van der Waals surface area contributed by atoms with Gasteiger partial charge in [-0.2, -0.15) is 0 Å². The summed E-state index contributed by atoms with van der Waals surface area (Å²) < 4.78 is 45.9. The van der Waals surface area contributed by atoms with Crippen molar-refractivity contribution in [2.24, 2.45) is 0 Å². The maximum atomic E-state index is 12.3. The third-order valence-electron chi connectivity index (χ3n) is 5.93. The first-order valence-electron chi connectivity index (χ1n) is 11.2. The van der Waals surface area contributed by atoms with E-state index in [0.29, 0.717) is 11.7 Å². The van der Waals surface area contributed by atoms with Crippen LogP contribution >= 0.6 is 0 Å². The molecular formula is C25H27F3N4O3. The van der Waals surface area contributed by atoms with E-state index in [4.69, 9.17) is 9.72 Å². The average Bonchev–Trinajstić information content (AvgIpc) is 3.29. The number of carbonyl (C=O) groups is 1. The van der Waals surface area contributed by atoms with Gasteiger partial charge in [-0.1, -0.05) is 0 Å². The van der Waals surface area contributed by atoms with Gasteiger partial charge in [0.15, 0.2) is 6.61 Å². The molecule has 0 bridgehead atoms. The van der Waals surface area contributed by atoms with Crippen LogP contribution in [0.25, 0.3) is 10.9 Å². The lowest BCUT2D eigenvalue weighted by molar-refractivity contribution is -0.274. The quantitative estimate of drug-likeness (QED) is 0.525. The molecule has 0 radical (unpaired) electrons. The summed E-state index contributed by atoms with van der Waals surface area (Å²) in [5, 5.41) is 3.72. The molecule has 1 atom stereocenters. The number of amides is 1. The highest BCUT2D eigenvalue weighted by atomic mass is 19.4.